The molecule has 0 atom stereocenters. The Balaban J connectivity index is 2.03. The summed E-state index contributed by atoms with van der Waals surface area (Å²) < 4.78 is 26.1. The maximum Gasteiger partial charge on any atom is 0.269 e. The van der Waals surface area contributed by atoms with Gasteiger partial charge in [-0.25, -0.2) is 8.78 Å². The van der Waals surface area contributed by atoms with Crippen LogP contribution in [-0.2, 0) is 0 Å². The fourth-order valence-corrected chi connectivity index (χ4v) is 2.14. The van der Waals surface area contributed by atoms with Crippen LogP contribution in [0.2, 0.25) is 0 Å². The predicted molar refractivity (Wildman–Crippen MR) is 90.4 cm³/mol. The number of carbonyl (C=O) groups is 2. The predicted octanol–water partition coefficient (Wildman–Crippen LogP) is 3.53. The molecule has 0 bridgehead atoms. The molecule has 1 aromatic carbocycles. The first-order valence-electron chi connectivity index (χ1n) is 8.02. The van der Waals surface area contributed by atoms with Crippen molar-refractivity contribution in [2.75, 3.05) is 11.9 Å². The molecule has 2 aromatic rings. The normalized spacial score (nSPS) is 10.4. The van der Waals surface area contributed by atoms with Crippen LogP contribution in [0.5, 0.6) is 0 Å². The Morgan fingerprint density at radius 1 is 1.04 bits per heavy atom. The molecule has 7 heteroatoms. The molecule has 0 aliphatic rings. The van der Waals surface area contributed by atoms with Crippen LogP contribution in [0.3, 0.4) is 0 Å². The van der Waals surface area contributed by atoms with Crippen LogP contribution >= 0.6 is 0 Å². The van der Waals surface area contributed by atoms with Crippen molar-refractivity contribution in [3.8, 4) is 0 Å². The lowest BCUT2D eigenvalue weighted by Gasteiger charge is -2.08. The van der Waals surface area contributed by atoms with Crippen LogP contribution in [0, 0.1) is 11.6 Å². The van der Waals surface area contributed by atoms with E-state index in [0.29, 0.717) is 6.54 Å². The van der Waals surface area contributed by atoms with E-state index in [1.807, 2.05) is 0 Å². The van der Waals surface area contributed by atoms with Crippen LogP contribution in [0.25, 0.3) is 0 Å². The largest absolute Gasteiger partial charge is 0.351 e. The minimum Gasteiger partial charge on any atom is -0.351 e. The highest BCUT2D eigenvalue weighted by Gasteiger charge is 2.12. The van der Waals surface area contributed by atoms with E-state index < -0.39 is 17.5 Å². The van der Waals surface area contributed by atoms with Crippen molar-refractivity contribution >= 4 is 17.5 Å². The lowest BCUT2D eigenvalue weighted by molar-refractivity contribution is 0.0948. The molecule has 0 saturated carbocycles. The first-order chi connectivity index (χ1) is 12.0. The quantitative estimate of drug-likeness (QED) is 0.753. The Bertz CT molecular complexity index is 766. The molecule has 0 aliphatic carbocycles. The zero-order valence-corrected chi connectivity index (χ0v) is 13.8. The van der Waals surface area contributed by atoms with Crippen molar-refractivity contribution in [2.24, 2.45) is 0 Å². The number of pyridine rings is 1. The van der Waals surface area contributed by atoms with Gasteiger partial charge in [0.15, 0.2) is 11.6 Å². The second-order valence-corrected chi connectivity index (χ2v) is 5.48. The number of unbranched alkanes of at least 4 members (excludes halogenated alkanes) is 2. The number of hydrogen-bond acceptors (Lipinski definition) is 3. The summed E-state index contributed by atoms with van der Waals surface area (Å²) in [4.78, 5) is 28.2. The third-order valence-electron chi connectivity index (χ3n) is 3.50. The minimum absolute atomic E-state index is 0.117. The van der Waals surface area contributed by atoms with E-state index in [1.54, 1.807) is 0 Å². The Kier molecular flexibility index (Phi) is 6.56. The molecule has 132 valence electrons. The number of aromatic nitrogens is 1. The smallest absolute Gasteiger partial charge is 0.269 e. The van der Waals surface area contributed by atoms with Crippen LogP contribution in [0.4, 0.5) is 14.5 Å². The molecule has 0 fully saturated rings. The summed E-state index contributed by atoms with van der Waals surface area (Å²) in [5.41, 5.74) is 0.430. The zero-order chi connectivity index (χ0) is 18.2. The van der Waals surface area contributed by atoms with Gasteiger partial charge in [-0.2, -0.15) is 0 Å². The molecular weight excluding hydrogens is 328 g/mol. The Morgan fingerprint density at radius 2 is 1.84 bits per heavy atom. The average molecular weight is 347 g/mol. The van der Waals surface area contributed by atoms with E-state index >= 15 is 0 Å². The number of amides is 2. The number of halogens is 2. The van der Waals surface area contributed by atoms with Crippen molar-refractivity contribution in [2.45, 2.75) is 26.2 Å². The third-order valence-corrected chi connectivity index (χ3v) is 3.50. The van der Waals surface area contributed by atoms with Crippen LogP contribution < -0.4 is 10.6 Å². The molecule has 0 radical (unpaired) electrons. The standard InChI is InChI=1S/C18H19F2N3O2/c1-2-3-4-8-22-18(25)16-10-12(7-9-21-16)17(24)23-13-5-6-14(19)15(20)11-13/h5-7,9-11H,2-4,8H2,1H3,(H,22,25)(H,23,24). The van der Waals surface area contributed by atoms with Crippen molar-refractivity contribution in [1.29, 1.82) is 0 Å². The molecule has 5 nitrogen and oxygen atoms in total. The fourth-order valence-electron chi connectivity index (χ4n) is 2.14. The van der Waals surface area contributed by atoms with Crippen molar-refractivity contribution in [3.05, 3.63) is 59.4 Å². The van der Waals surface area contributed by atoms with E-state index in [9.17, 15) is 18.4 Å². The first kappa shape index (κ1) is 18.5. The van der Waals surface area contributed by atoms with Gasteiger partial charge >= 0.3 is 0 Å². The highest BCUT2D eigenvalue weighted by molar-refractivity contribution is 6.05. The fraction of sp³-hybridized carbons (Fsp3) is 0.278. The van der Waals surface area contributed by atoms with E-state index in [2.05, 4.69) is 22.5 Å². The van der Waals surface area contributed by atoms with Crippen molar-refractivity contribution in [3.63, 3.8) is 0 Å². The van der Waals surface area contributed by atoms with Gasteiger partial charge in [-0.3, -0.25) is 14.6 Å². The second-order valence-electron chi connectivity index (χ2n) is 5.48. The number of hydrogen-bond donors (Lipinski definition) is 2. The van der Waals surface area contributed by atoms with E-state index in [1.165, 1.54) is 24.4 Å². The van der Waals surface area contributed by atoms with Gasteiger partial charge in [-0.05, 0) is 30.7 Å². The maximum absolute atomic E-state index is 13.2. The van der Waals surface area contributed by atoms with Gasteiger partial charge in [0, 0.05) is 30.1 Å². The molecule has 0 saturated heterocycles. The third kappa shape index (κ3) is 5.34. The van der Waals surface area contributed by atoms with Gasteiger partial charge in [0.05, 0.1) is 0 Å². The van der Waals surface area contributed by atoms with Gasteiger partial charge in [-0.15, -0.1) is 0 Å². The summed E-state index contributed by atoms with van der Waals surface area (Å²) >= 11 is 0. The van der Waals surface area contributed by atoms with Gasteiger partial charge in [0.2, 0.25) is 0 Å². The van der Waals surface area contributed by atoms with E-state index in [-0.39, 0.29) is 22.9 Å². The van der Waals surface area contributed by atoms with E-state index in [4.69, 9.17) is 0 Å². The summed E-state index contributed by atoms with van der Waals surface area (Å²) in [6, 6.07) is 5.84. The second kappa shape index (κ2) is 8.86. The molecular formula is C18H19F2N3O2. The highest BCUT2D eigenvalue weighted by atomic mass is 19.2. The van der Waals surface area contributed by atoms with Gasteiger partial charge < -0.3 is 10.6 Å². The van der Waals surface area contributed by atoms with Crippen molar-refractivity contribution in [1.82, 2.24) is 10.3 Å². The lowest BCUT2D eigenvalue weighted by Crippen LogP contribution is -2.25. The molecule has 1 aromatic heterocycles. The number of carbonyl (C=O) groups excluding carboxylic acids is 2. The van der Waals surface area contributed by atoms with Gasteiger partial charge in [0.1, 0.15) is 5.69 Å². The number of benzene rings is 1. The Labute approximate surface area is 144 Å². The minimum atomic E-state index is -1.06. The molecule has 0 aliphatic heterocycles. The number of rotatable bonds is 7. The summed E-state index contributed by atoms with van der Waals surface area (Å²) in [5, 5.41) is 5.19. The number of anilines is 1. The van der Waals surface area contributed by atoms with Crippen LogP contribution in [-0.4, -0.2) is 23.3 Å². The number of nitrogens with zero attached hydrogens (tertiary/aromatic N) is 1. The van der Waals surface area contributed by atoms with Gasteiger partial charge in [0.25, 0.3) is 11.8 Å². The molecule has 25 heavy (non-hydrogen) atoms. The molecule has 1 heterocycles. The summed E-state index contributed by atoms with van der Waals surface area (Å²) in [6.07, 6.45) is 4.29. The number of nitrogens with one attached hydrogen (secondary N) is 2. The summed E-state index contributed by atoms with van der Waals surface area (Å²) in [5.74, 6) is -2.96. The van der Waals surface area contributed by atoms with Crippen LogP contribution in [0.15, 0.2) is 36.5 Å². The molecule has 0 spiro atoms. The molecule has 2 amide bonds. The van der Waals surface area contributed by atoms with Crippen molar-refractivity contribution < 1.29 is 18.4 Å². The monoisotopic (exact) mass is 347 g/mol. The molecule has 0 unspecified atom stereocenters. The van der Waals surface area contributed by atoms with E-state index in [0.717, 1.165) is 31.4 Å². The van der Waals surface area contributed by atoms with Gasteiger partial charge in [-0.1, -0.05) is 19.8 Å². The summed E-state index contributed by atoms with van der Waals surface area (Å²) in [7, 11) is 0. The zero-order valence-electron chi connectivity index (χ0n) is 13.8. The molecule has 2 N–H and O–H groups in total. The molecule has 2 rings (SSSR count). The Hall–Kier alpha value is -2.83. The highest BCUT2D eigenvalue weighted by Crippen LogP contribution is 2.14. The van der Waals surface area contributed by atoms with Crippen LogP contribution in [0.1, 0.15) is 47.0 Å². The topological polar surface area (TPSA) is 71.1 Å². The maximum atomic E-state index is 13.2. The SMILES string of the molecule is CCCCCNC(=O)c1cc(C(=O)Nc2ccc(F)c(F)c2)ccn1. The Morgan fingerprint density at radius 3 is 2.56 bits per heavy atom. The average Bonchev–Trinajstić information content (AvgIpc) is 2.62. The first-order valence-corrected chi connectivity index (χ1v) is 8.02. The lowest BCUT2D eigenvalue weighted by atomic mass is 10.2. The summed E-state index contributed by atoms with van der Waals surface area (Å²) in [6.45, 7) is 2.61.